The van der Waals surface area contributed by atoms with Crippen molar-refractivity contribution in [1.29, 1.82) is 0 Å². The molecular formula is C19H26N4O2. The fourth-order valence-corrected chi connectivity index (χ4v) is 3.39. The van der Waals surface area contributed by atoms with Gasteiger partial charge in [0.25, 0.3) is 5.91 Å². The Hall–Kier alpha value is -2.34. The third-order valence-electron chi connectivity index (χ3n) is 4.88. The predicted molar refractivity (Wildman–Crippen MR) is 99.4 cm³/mol. The molecule has 25 heavy (non-hydrogen) atoms. The molecule has 6 heteroatoms. The maximum Gasteiger partial charge on any atom is 0.261 e. The van der Waals surface area contributed by atoms with Crippen LogP contribution < -0.4 is 10.2 Å². The SMILES string of the molecule is CCN1CCN(c2ccc(NC(=O)c3c(C)noc3C)cc2C)CC1. The Bertz CT molecular complexity index is 741. The van der Waals surface area contributed by atoms with Crippen LogP contribution in [-0.4, -0.2) is 48.7 Å². The van der Waals surface area contributed by atoms with Crippen molar-refractivity contribution in [2.24, 2.45) is 0 Å². The summed E-state index contributed by atoms with van der Waals surface area (Å²) in [6.07, 6.45) is 0. The Morgan fingerprint density at radius 3 is 2.48 bits per heavy atom. The molecule has 0 unspecified atom stereocenters. The van der Waals surface area contributed by atoms with Gasteiger partial charge in [-0.3, -0.25) is 4.79 Å². The normalized spacial score (nSPS) is 15.4. The van der Waals surface area contributed by atoms with Crippen LogP contribution in [0.25, 0.3) is 0 Å². The predicted octanol–water partition coefficient (Wildman–Crippen LogP) is 2.99. The largest absolute Gasteiger partial charge is 0.369 e. The van der Waals surface area contributed by atoms with Crippen LogP contribution in [-0.2, 0) is 0 Å². The first kappa shape index (κ1) is 17.5. The van der Waals surface area contributed by atoms with Gasteiger partial charge in [0.1, 0.15) is 11.3 Å². The van der Waals surface area contributed by atoms with E-state index in [0.717, 1.165) is 38.4 Å². The fraction of sp³-hybridized carbons (Fsp3) is 0.474. The van der Waals surface area contributed by atoms with Gasteiger partial charge in [0.05, 0.1) is 5.69 Å². The second-order valence-corrected chi connectivity index (χ2v) is 6.58. The van der Waals surface area contributed by atoms with Crippen LogP contribution in [0.1, 0.15) is 34.3 Å². The van der Waals surface area contributed by atoms with Gasteiger partial charge >= 0.3 is 0 Å². The lowest BCUT2D eigenvalue weighted by molar-refractivity contribution is 0.102. The number of nitrogens with zero attached hydrogens (tertiary/aromatic N) is 3. The minimum atomic E-state index is -0.181. The Labute approximate surface area is 148 Å². The number of rotatable bonds is 4. The summed E-state index contributed by atoms with van der Waals surface area (Å²) >= 11 is 0. The monoisotopic (exact) mass is 342 g/mol. The number of anilines is 2. The molecule has 134 valence electrons. The van der Waals surface area contributed by atoms with Crippen LogP contribution in [0, 0.1) is 20.8 Å². The summed E-state index contributed by atoms with van der Waals surface area (Å²) in [5, 5.41) is 6.79. The first-order valence-electron chi connectivity index (χ1n) is 8.81. The van der Waals surface area contributed by atoms with E-state index in [1.165, 1.54) is 11.3 Å². The maximum absolute atomic E-state index is 12.5. The van der Waals surface area contributed by atoms with Gasteiger partial charge in [-0.2, -0.15) is 0 Å². The number of carbonyl (C=O) groups is 1. The number of aromatic nitrogens is 1. The summed E-state index contributed by atoms with van der Waals surface area (Å²) in [4.78, 5) is 17.3. The van der Waals surface area contributed by atoms with Crippen molar-refractivity contribution in [1.82, 2.24) is 10.1 Å². The minimum Gasteiger partial charge on any atom is -0.369 e. The van der Waals surface area contributed by atoms with Crippen LogP contribution in [0.3, 0.4) is 0 Å². The Morgan fingerprint density at radius 2 is 1.92 bits per heavy atom. The molecule has 1 aliphatic rings. The van der Waals surface area contributed by atoms with Crippen LogP contribution in [0.5, 0.6) is 0 Å². The second kappa shape index (κ2) is 7.27. The minimum absolute atomic E-state index is 0.181. The molecule has 1 aliphatic heterocycles. The Balaban J connectivity index is 1.71. The summed E-state index contributed by atoms with van der Waals surface area (Å²) in [5.41, 5.74) is 4.32. The molecule has 1 aromatic heterocycles. The Kier molecular flexibility index (Phi) is 5.08. The average molecular weight is 342 g/mol. The number of carbonyl (C=O) groups excluding carboxylic acids is 1. The van der Waals surface area contributed by atoms with Crippen molar-refractivity contribution in [3.05, 3.63) is 40.8 Å². The molecule has 2 aromatic rings. The maximum atomic E-state index is 12.5. The average Bonchev–Trinajstić information content (AvgIpc) is 2.94. The van der Waals surface area contributed by atoms with E-state index < -0.39 is 0 Å². The number of likely N-dealkylation sites (N-methyl/N-ethyl adjacent to an activating group) is 1. The molecule has 0 radical (unpaired) electrons. The third-order valence-corrected chi connectivity index (χ3v) is 4.88. The summed E-state index contributed by atoms with van der Waals surface area (Å²) in [6, 6.07) is 6.09. The molecule has 6 nitrogen and oxygen atoms in total. The molecule has 2 heterocycles. The van der Waals surface area contributed by atoms with Crippen LogP contribution in [0.4, 0.5) is 11.4 Å². The van der Waals surface area contributed by atoms with Crippen molar-refractivity contribution >= 4 is 17.3 Å². The fourth-order valence-electron chi connectivity index (χ4n) is 3.39. The van der Waals surface area contributed by atoms with Gasteiger partial charge in [-0.05, 0) is 51.1 Å². The van der Waals surface area contributed by atoms with E-state index in [1.807, 2.05) is 12.1 Å². The molecule has 0 bridgehead atoms. The molecule has 1 saturated heterocycles. The highest BCUT2D eigenvalue weighted by Crippen LogP contribution is 2.25. The molecule has 1 amide bonds. The van der Waals surface area contributed by atoms with E-state index in [2.05, 4.69) is 40.2 Å². The van der Waals surface area contributed by atoms with E-state index in [0.29, 0.717) is 17.0 Å². The van der Waals surface area contributed by atoms with Crippen molar-refractivity contribution in [3.63, 3.8) is 0 Å². The van der Waals surface area contributed by atoms with Gasteiger partial charge in [-0.15, -0.1) is 0 Å². The third kappa shape index (κ3) is 3.69. The van der Waals surface area contributed by atoms with Gasteiger partial charge in [0.2, 0.25) is 0 Å². The molecule has 1 fully saturated rings. The number of piperazine rings is 1. The van der Waals surface area contributed by atoms with Gasteiger partial charge in [-0.25, -0.2) is 0 Å². The van der Waals surface area contributed by atoms with E-state index in [1.54, 1.807) is 13.8 Å². The smallest absolute Gasteiger partial charge is 0.261 e. The molecule has 0 saturated carbocycles. The summed E-state index contributed by atoms with van der Waals surface area (Å²) in [6.45, 7) is 13.2. The first-order chi connectivity index (χ1) is 12.0. The van der Waals surface area contributed by atoms with Crippen LogP contribution >= 0.6 is 0 Å². The number of aryl methyl sites for hydroxylation is 3. The van der Waals surface area contributed by atoms with E-state index in [4.69, 9.17) is 4.52 Å². The number of hydrogen-bond donors (Lipinski definition) is 1. The van der Waals surface area contributed by atoms with Gasteiger partial charge in [0.15, 0.2) is 0 Å². The van der Waals surface area contributed by atoms with Crippen molar-refractivity contribution < 1.29 is 9.32 Å². The van der Waals surface area contributed by atoms with Crippen molar-refractivity contribution in [2.75, 3.05) is 42.9 Å². The zero-order chi connectivity index (χ0) is 18.0. The summed E-state index contributed by atoms with van der Waals surface area (Å²) < 4.78 is 5.07. The molecule has 3 rings (SSSR count). The molecule has 0 aliphatic carbocycles. The number of hydrogen-bond acceptors (Lipinski definition) is 5. The highest BCUT2D eigenvalue weighted by molar-refractivity contribution is 6.05. The molecule has 1 aromatic carbocycles. The summed E-state index contributed by atoms with van der Waals surface area (Å²) in [7, 11) is 0. The standard InChI is InChI=1S/C19H26N4O2/c1-5-22-8-10-23(11-9-22)17-7-6-16(12-13(17)2)20-19(24)18-14(3)21-25-15(18)4/h6-7,12H,5,8-11H2,1-4H3,(H,20,24). The van der Waals surface area contributed by atoms with Gasteiger partial charge < -0.3 is 19.6 Å². The van der Waals surface area contributed by atoms with Gasteiger partial charge in [0, 0.05) is 37.6 Å². The zero-order valence-corrected chi connectivity index (χ0v) is 15.4. The molecule has 0 spiro atoms. The zero-order valence-electron chi connectivity index (χ0n) is 15.4. The first-order valence-corrected chi connectivity index (χ1v) is 8.81. The number of benzene rings is 1. The van der Waals surface area contributed by atoms with Gasteiger partial charge in [-0.1, -0.05) is 12.1 Å². The lowest BCUT2D eigenvalue weighted by Gasteiger charge is -2.36. The topological polar surface area (TPSA) is 61.6 Å². The quantitative estimate of drug-likeness (QED) is 0.925. The molecule has 0 atom stereocenters. The molecule has 1 N–H and O–H groups in total. The van der Waals surface area contributed by atoms with Crippen molar-refractivity contribution in [2.45, 2.75) is 27.7 Å². The highest BCUT2D eigenvalue weighted by atomic mass is 16.5. The Morgan fingerprint density at radius 1 is 1.20 bits per heavy atom. The van der Waals surface area contributed by atoms with E-state index >= 15 is 0 Å². The number of nitrogens with one attached hydrogen (secondary N) is 1. The number of amides is 1. The van der Waals surface area contributed by atoms with E-state index in [9.17, 15) is 4.79 Å². The lowest BCUT2D eigenvalue weighted by atomic mass is 10.1. The second-order valence-electron chi connectivity index (χ2n) is 6.58. The summed E-state index contributed by atoms with van der Waals surface area (Å²) in [5.74, 6) is 0.358. The van der Waals surface area contributed by atoms with Crippen LogP contribution in [0.15, 0.2) is 22.7 Å². The van der Waals surface area contributed by atoms with E-state index in [-0.39, 0.29) is 5.91 Å². The lowest BCUT2D eigenvalue weighted by Crippen LogP contribution is -2.46. The molecular weight excluding hydrogens is 316 g/mol. The highest BCUT2D eigenvalue weighted by Gasteiger charge is 2.19. The van der Waals surface area contributed by atoms with Crippen LogP contribution in [0.2, 0.25) is 0 Å². The van der Waals surface area contributed by atoms with Crippen molar-refractivity contribution in [3.8, 4) is 0 Å².